The van der Waals surface area contributed by atoms with Gasteiger partial charge in [-0.2, -0.15) is 0 Å². The van der Waals surface area contributed by atoms with Gasteiger partial charge in [0.2, 0.25) is 0 Å². The van der Waals surface area contributed by atoms with Crippen LogP contribution in [0.1, 0.15) is 26.7 Å². The molecule has 0 radical (unpaired) electrons. The highest BCUT2D eigenvalue weighted by molar-refractivity contribution is 7.07. The molecule has 138 valence electrons. The summed E-state index contributed by atoms with van der Waals surface area (Å²) < 4.78 is 2.06. The Hall–Kier alpha value is -3.00. The van der Waals surface area contributed by atoms with Crippen LogP contribution in [0.3, 0.4) is 0 Å². The minimum absolute atomic E-state index is 0.0716. The molecule has 27 heavy (non-hydrogen) atoms. The van der Waals surface area contributed by atoms with Crippen LogP contribution < -0.4 is 5.32 Å². The Bertz CT molecular complexity index is 966. The number of amides is 2. The van der Waals surface area contributed by atoms with Crippen LogP contribution >= 0.6 is 11.3 Å². The van der Waals surface area contributed by atoms with E-state index in [-0.39, 0.29) is 11.8 Å². The maximum Gasteiger partial charge on any atom is 0.273 e. The number of hydrogen-bond acceptors (Lipinski definition) is 5. The van der Waals surface area contributed by atoms with E-state index in [2.05, 4.69) is 19.9 Å². The smallest absolute Gasteiger partial charge is 0.273 e. The topological polar surface area (TPSA) is 80.1 Å². The lowest BCUT2D eigenvalue weighted by atomic mass is 10.2. The number of carbonyl (C=O) groups excluding carboxylic acids is 2. The maximum absolute atomic E-state index is 12.7. The fourth-order valence-electron chi connectivity index (χ4n) is 3.35. The molecule has 0 bridgehead atoms. The number of benzene rings is 1. The molecule has 0 fully saturated rings. The first kappa shape index (κ1) is 17.4. The molecule has 1 aliphatic heterocycles. The summed E-state index contributed by atoms with van der Waals surface area (Å²) in [6, 6.07) is 9.80. The van der Waals surface area contributed by atoms with Crippen molar-refractivity contribution in [3.05, 3.63) is 58.3 Å². The molecule has 0 unspecified atom stereocenters. The number of fused-ring (bicyclic) bond motifs is 1. The quantitative estimate of drug-likeness (QED) is 0.753. The number of carbonyl (C=O) groups is 2. The van der Waals surface area contributed by atoms with Crippen LogP contribution in [0.25, 0.3) is 11.4 Å². The lowest BCUT2D eigenvalue weighted by molar-refractivity contribution is 0.0754. The predicted molar refractivity (Wildman–Crippen MR) is 103 cm³/mol. The first-order valence-corrected chi connectivity index (χ1v) is 9.67. The molecule has 3 heterocycles. The van der Waals surface area contributed by atoms with Gasteiger partial charge in [0.25, 0.3) is 11.8 Å². The van der Waals surface area contributed by atoms with E-state index in [0.29, 0.717) is 37.4 Å². The number of aromatic nitrogens is 3. The van der Waals surface area contributed by atoms with Crippen molar-refractivity contribution < 1.29 is 9.59 Å². The number of imidazole rings is 1. The van der Waals surface area contributed by atoms with E-state index >= 15 is 0 Å². The Kier molecular flexibility index (Phi) is 4.72. The van der Waals surface area contributed by atoms with Crippen molar-refractivity contribution in [2.75, 3.05) is 20.1 Å². The second-order valence-corrected chi connectivity index (χ2v) is 6.96. The Balaban J connectivity index is 1.70. The zero-order chi connectivity index (χ0) is 18.8. The Morgan fingerprint density at radius 3 is 2.67 bits per heavy atom. The first-order chi connectivity index (χ1) is 13.2. The summed E-state index contributed by atoms with van der Waals surface area (Å²) in [5.74, 6) is 0.477. The van der Waals surface area contributed by atoms with Gasteiger partial charge < -0.3 is 14.8 Å². The van der Waals surface area contributed by atoms with E-state index in [1.807, 2.05) is 30.3 Å². The number of nitrogens with zero attached hydrogens (tertiary/aromatic N) is 4. The SMILES string of the molecule is CNC(=O)c1nc(-c2ccccc2)n2c1CCN(C(=O)c1cscn1)CC2. The summed E-state index contributed by atoms with van der Waals surface area (Å²) in [6.07, 6.45) is 0.568. The minimum atomic E-state index is -0.208. The van der Waals surface area contributed by atoms with Crippen molar-refractivity contribution >= 4 is 23.2 Å². The van der Waals surface area contributed by atoms with Crippen molar-refractivity contribution in [1.29, 1.82) is 0 Å². The summed E-state index contributed by atoms with van der Waals surface area (Å²) in [7, 11) is 1.60. The average Bonchev–Trinajstić information content (AvgIpc) is 3.31. The van der Waals surface area contributed by atoms with Gasteiger partial charge in [0.05, 0.1) is 11.2 Å². The van der Waals surface area contributed by atoms with E-state index in [1.165, 1.54) is 11.3 Å². The summed E-state index contributed by atoms with van der Waals surface area (Å²) >= 11 is 1.41. The first-order valence-electron chi connectivity index (χ1n) is 8.73. The zero-order valence-electron chi connectivity index (χ0n) is 14.9. The number of thiazole rings is 1. The molecule has 8 heteroatoms. The number of hydrogen-bond donors (Lipinski definition) is 1. The van der Waals surface area contributed by atoms with Crippen molar-refractivity contribution in [3.63, 3.8) is 0 Å². The van der Waals surface area contributed by atoms with Crippen LogP contribution in [0.4, 0.5) is 0 Å². The van der Waals surface area contributed by atoms with Gasteiger partial charge in [-0.15, -0.1) is 11.3 Å². The van der Waals surface area contributed by atoms with E-state index < -0.39 is 0 Å². The van der Waals surface area contributed by atoms with Crippen molar-refractivity contribution in [2.24, 2.45) is 0 Å². The van der Waals surface area contributed by atoms with Gasteiger partial charge in [-0.3, -0.25) is 9.59 Å². The van der Waals surface area contributed by atoms with Gasteiger partial charge in [-0.05, 0) is 0 Å². The molecule has 3 aromatic rings. The fraction of sp³-hybridized carbons (Fsp3) is 0.263. The molecule has 0 saturated carbocycles. The summed E-state index contributed by atoms with van der Waals surface area (Å²) in [5, 5.41) is 4.43. The van der Waals surface area contributed by atoms with Gasteiger partial charge in [-0.25, -0.2) is 9.97 Å². The van der Waals surface area contributed by atoms with E-state index in [1.54, 1.807) is 22.8 Å². The van der Waals surface area contributed by atoms with E-state index in [9.17, 15) is 9.59 Å². The molecule has 1 aromatic carbocycles. The standard InChI is InChI=1S/C19H19N5O2S/c1-20-18(25)16-15-7-8-23(19(26)14-11-27-12-21-14)9-10-24(15)17(22-16)13-5-3-2-4-6-13/h2-6,11-12H,7-10H2,1H3,(H,20,25). The molecule has 1 aliphatic rings. The Morgan fingerprint density at radius 1 is 1.15 bits per heavy atom. The van der Waals surface area contributed by atoms with Crippen LogP contribution in [-0.4, -0.2) is 51.4 Å². The number of rotatable bonds is 3. The number of nitrogens with one attached hydrogen (secondary N) is 1. The molecule has 0 saturated heterocycles. The molecule has 4 rings (SSSR count). The van der Waals surface area contributed by atoms with E-state index in [0.717, 1.165) is 17.1 Å². The van der Waals surface area contributed by atoms with Crippen molar-refractivity contribution in [1.82, 2.24) is 24.8 Å². The van der Waals surface area contributed by atoms with Gasteiger partial charge in [0, 0.05) is 44.0 Å². The lowest BCUT2D eigenvalue weighted by Crippen LogP contribution is -2.34. The fourth-order valence-corrected chi connectivity index (χ4v) is 3.87. The monoisotopic (exact) mass is 381 g/mol. The molecule has 0 spiro atoms. The molecule has 1 N–H and O–H groups in total. The average molecular weight is 381 g/mol. The maximum atomic E-state index is 12.7. The van der Waals surface area contributed by atoms with Crippen LogP contribution in [0.2, 0.25) is 0 Å². The third kappa shape index (κ3) is 3.23. The Morgan fingerprint density at radius 2 is 1.96 bits per heavy atom. The van der Waals surface area contributed by atoms with Crippen molar-refractivity contribution in [3.8, 4) is 11.4 Å². The zero-order valence-corrected chi connectivity index (χ0v) is 15.7. The summed E-state index contributed by atoms with van der Waals surface area (Å²) in [6.45, 7) is 1.66. The second-order valence-electron chi connectivity index (χ2n) is 6.24. The minimum Gasteiger partial charge on any atom is -0.354 e. The molecule has 0 atom stereocenters. The highest BCUT2D eigenvalue weighted by Gasteiger charge is 2.27. The predicted octanol–water partition coefficient (Wildman–Crippen LogP) is 2.06. The normalized spacial score (nSPS) is 13.7. The Labute approximate surface area is 160 Å². The molecular formula is C19H19N5O2S. The summed E-state index contributed by atoms with van der Waals surface area (Å²) in [5.41, 5.74) is 4.38. The van der Waals surface area contributed by atoms with Gasteiger partial charge in [-0.1, -0.05) is 30.3 Å². The largest absolute Gasteiger partial charge is 0.354 e. The van der Waals surface area contributed by atoms with Gasteiger partial charge in [0.1, 0.15) is 17.2 Å². The lowest BCUT2D eigenvalue weighted by Gasteiger charge is -2.19. The van der Waals surface area contributed by atoms with Gasteiger partial charge >= 0.3 is 0 Å². The highest BCUT2D eigenvalue weighted by atomic mass is 32.1. The molecule has 2 aromatic heterocycles. The third-order valence-electron chi connectivity index (χ3n) is 4.70. The molecule has 7 nitrogen and oxygen atoms in total. The van der Waals surface area contributed by atoms with Crippen LogP contribution in [0, 0.1) is 0 Å². The molecule has 0 aliphatic carbocycles. The van der Waals surface area contributed by atoms with Crippen molar-refractivity contribution in [2.45, 2.75) is 13.0 Å². The van der Waals surface area contributed by atoms with Crippen LogP contribution in [0.5, 0.6) is 0 Å². The van der Waals surface area contributed by atoms with Gasteiger partial charge in [0.15, 0.2) is 0 Å². The van der Waals surface area contributed by atoms with E-state index in [4.69, 9.17) is 0 Å². The van der Waals surface area contributed by atoms with Crippen LogP contribution in [-0.2, 0) is 13.0 Å². The third-order valence-corrected chi connectivity index (χ3v) is 5.28. The second kappa shape index (κ2) is 7.32. The summed E-state index contributed by atoms with van der Waals surface area (Å²) in [4.78, 5) is 35.6. The highest BCUT2D eigenvalue weighted by Crippen LogP contribution is 2.25. The van der Waals surface area contributed by atoms with Crippen LogP contribution in [0.15, 0.2) is 41.2 Å². The molecule has 2 amide bonds. The molecular weight excluding hydrogens is 362 g/mol.